The van der Waals surface area contributed by atoms with Gasteiger partial charge in [0.1, 0.15) is 17.9 Å². The number of nitrogens with zero attached hydrogens (tertiary/aromatic N) is 3. The molecular formula is C30H19F6N3O3. The number of rotatable bonds is 7. The molecule has 0 fully saturated rings. The molecule has 0 aliphatic heterocycles. The molecule has 5 aromatic rings. The van der Waals surface area contributed by atoms with Gasteiger partial charge in [-0.2, -0.15) is 31.4 Å². The van der Waals surface area contributed by atoms with E-state index in [4.69, 9.17) is 4.74 Å². The van der Waals surface area contributed by atoms with Crippen molar-refractivity contribution < 1.29 is 41.0 Å². The van der Waals surface area contributed by atoms with E-state index in [1.807, 2.05) is 0 Å². The molecule has 0 spiro atoms. The molecule has 6 nitrogen and oxygen atoms in total. The molecule has 3 aromatic carbocycles. The Bertz CT molecular complexity index is 1730. The number of aromatic nitrogens is 3. The van der Waals surface area contributed by atoms with Crippen LogP contribution in [0.3, 0.4) is 0 Å². The third kappa shape index (κ3) is 5.97. The molecule has 0 radical (unpaired) electrons. The average Bonchev–Trinajstić information content (AvgIpc) is 3.43. The Morgan fingerprint density at radius 3 is 2.05 bits per heavy atom. The highest BCUT2D eigenvalue weighted by atomic mass is 19.4. The molecule has 2 aromatic heterocycles. The van der Waals surface area contributed by atoms with Gasteiger partial charge in [0.05, 0.1) is 17.5 Å². The number of benzene rings is 3. The molecule has 0 saturated heterocycles. The van der Waals surface area contributed by atoms with Crippen LogP contribution in [-0.2, 0) is 19.0 Å². The highest BCUT2D eigenvalue weighted by Gasteiger charge is 2.41. The predicted octanol–water partition coefficient (Wildman–Crippen LogP) is 7.92. The first kappa shape index (κ1) is 28.4. The third-order valence-corrected chi connectivity index (χ3v) is 6.31. The Hall–Kier alpha value is -5.13. The van der Waals surface area contributed by atoms with Gasteiger partial charge in [0.15, 0.2) is 11.5 Å². The highest BCUT2D eigenvalue weighted by Crippen LogP contribution is 2.34. The number of carbonyl (C=O) groups is 1. The van der Waals surface area contributed by atoms with Crippen LogP contribution < -0.4 is 4.74 Å². The molecule has 0 bridgehead atoms. The van der Waals surface area contributed by atoms with Crippen molar-refractivity contribution in [2.24, 2.45) is 0 Å². The largest absolute Gasteiger partial charge is 0.489 e. The van der Waals surface area contributed by atoms with Gasteiger partial charge in [0.25, 0.3) is 0 Å². The lowest BCUT2D eigenvalue weighted by Gasteiger charge is -2.14. The maximum Gasteiger partial charge on any atom is 0.434 e. The second-order valence-electron chi connectivity index (χ2n) is 9.05. The minimum absolute atomic E-state index is 0.0699. The van der Waals surface area contributed by atoms with Gasteiger partial charge in [-0.25, -0.2) is 14.5 Å². The SMILES string of the molecule is O=C(O)c1cnn(-c2cccc(-c3ccccc3COc3ccc(-c4ccc(C(F)(F)F)cc4)cc3)n2)c1C(F)(F)F. The zero-order valence-electron chi connectivity index (χ0n) is 21.3. The Morgan fingerprint density at radius 2 is 1.43 bits per heavy atom. The maximum absolute atomic E-state index is 13.7. The lowest BCUT2D eigenvalue weighted by Crippen LogP contribution is -2.18. The summed E-state index contributed by atoms with van der Waals surface area (Å²) in [7, 11) is 0. The summed E-state index contributed by atoms with van der Waals surface area (Å²) in [6, 6.07) is 22.9. The molecule has 42 heavy (non-hydrogen) atoms. The van der Waals surface area contributed by atoms with Gasteiger partial charge in [-0.15, -0.1) is 0 Å². The fourth-order valence-electron chi connectivity index (χ4n) is 4.30. The first-order chi connectivity index (χ1) is 19.9. The fourth-order valence-corrected chi connectivity index (χ4v) is 4.30. The summed E-state index contributed by atoms with van der Waals surface area (Å²) in [5.41, 5.74) is -0.335. The summed E-state index contributed by atoms with van der Waals surface area (Å²) < 4.78 is 86.0. The van der Waals surface area contributed by atoms with Crippen molar-refractivity contribution in [2.45, 2.75) is 19.0 Å². The molecule has 0 aliphatic carbocycles. The molecule has 0 unspecified atom stereocenters. The van der Waals surface area contributed by atoms with Crippen LogP contribution in [0.4, 0.5) is 26.3 Å². The number of aromatic carboxylic acids is 1. The molecule has 0 amide bonds. The summed E-state index contributed by atoms with van der Waals surface area (Å²) in [5, 5.41) is 12.8. The van der Waals surface area contributed by atoms with Crippen LogP contribution in [0.25, 0.3) is 28.2 Å². The lowest BCUT2D eigenvalue weighted by molar-refractivity contribution is -0.143. The Kier molecular flexibility index (Phi) is 7.46. The van der Waals surface area contributed by atoms with E-state index in [9.17, 15) is 36.2 Å². The summed E-state index contributed by atoms with van der Waals surface area (Å²) >= 11 is 0. The van der Waals surface area contributed by atoms with Crippen molar-refractivity contribution in [3.05, 3.63) is 120 Å². The number of carboxylic acids is 1. The number of hydrogen-bond donors (Lipinski definition) is 1. The van der Waals surface area contributed by atoms with E-state index >= 15 is 0 Å². The first-order valence-electron chi connectivity index (χ1n) is 12.3. The van der Waals surface area contributed by atoms with Crippen LogP contribution in [0.1, 0.15) is 27.2 Å². The zero-order chi connectivity index (χ0) is 30.1. The van der Waals surface area contributed by atoms with E-state index in [-0.39, 0.29) is 12.4 Å². The van der Waals surface area contributed by atoms with E-state index in [1.54, 1.807) is 54.6 Å². The van der Waals surface area contributed by atoms with Gasteiger partial charge in [0, 0.05) is 5.56 Å². The van der Waals surface area contributed by atoms with E-state index in [2.05, 4.69) is 10.1 Å². The molecular weight excluding hydrogens is 564 g/mol. The minimum Gasteiger partial charge on any atom is -0.489 e. The van der Waals surface area contributed by atoms with Gasteiger partial charge >= 0.3 is 18.3 Å². The van der Waals surface area contributed by atoms with E-state index in [0.29, 0.717) is 44.6 Å². The van der Waals surface area contributed by atoms with Crippen molar-refractivity contribution >= 4 is 5.97 Å². The van der Waals surface area contributed by atoms with Gasteiger partial charge in [-0.1, -0.05) is 54.6 Å². The number of ether oxygens (including phenoxy) is 1. The van der Waals surface area contributed by atoms with Crippen LogP contribution in [-0.4, -0.2) is 25.8 Å². The second kappa shape index (κ2) is 11.0. The number of carboxylic acid groups (broad SMARTS) is 1. The Labute approximate surface area is 234 Å². The van der Waals surface area contributed by atoms with Crippen LogP contribution in [0.5, 0.6) is 5.75 Å². The number of alkyl halides is 6. The molecule has 2 heterocycles. The van der Waals surface area contributed by atoms with Gasteiger partial charge < -0.3 is 9.84 Å². The summed E-state index contributed by atoms with van der Waals surface area (Å²) in [6.45, 7) is 0.0699. The molecule has 0 atom stereocenters. The minimum atomic E-state index is -4.99. The normalized spacial score (nSPS) is 11.9. The fraction of sp³-hybridized carbons (Fsp3) is 0.100. The Morgan fingerprint density at radius 1 is 0.786 bits per heavy atom. The molecule has 0 aliphatic rings. The highest BCUT2D eigenvalue weighted by molar-refractivity contribution is 5.89. The molecule has 1 N–H and O–H groups in total. The maximum atomic E-state index is 13.7. The van der Waals surface area contributed by atoms with Crippen molar-refractivity contribution in [3.8, 4) is 34.0 Å². The van der Waals surface area contributed by atoms with Crippen molar-refractivity contribution in [2.75, 3.05) is 0 Å². The predicted molar refractivity (Wildman–Crippen MR) is 140 cm³/mol. The van der Waals surface area contributed by atoms with Gasteiger partial charge in [-0.3, -0.25) is 0 Å². The van der Waals surface area contributed by atoms with Crippen LogP contribution in [0, 0.1) is 0 Å². The number of halogens is 6. The topological polar surface area (TPSA) is 77.2 Å². The number of pyridine rings is 1. The Balaban J connectivity index is 1.36. The molecule has 5 rings (SSSR count). The monoisotopic (exact) mass is 583 g/mol. The van der Waals surface area contributed by atoms with E-state index in [1.165, 1.54) is 24.3 Å². The van der Waals surface area contributed by atoms with Crippen molar-refractivity contribution in [1.82, 2.24) is 14.8 Å². The summed E-state index contributed by atoms with van der Waals surface area (Å²) in [5.74, 6) is -1.50. The zero-order valence-corrected chi connectivity index (χ0v) is 21.3. The molecule has 12 heteroatoms. The quantitative estimate of drug-likeness (QED) is 0.197. The summed E-state index contributed by atoms with van der Waals surface area (Å²) in [4.78, 5) is 15.7. The number of hydrogen-bond acceptors (Lipinski definition) is 4. The first-order valence-corrected chi connectivity index (χ1v) is 12.3. The van der Waals surface area contributed by atoms with E-state index < -0.39 is 35.1 Å². The van der Waals surface area contributed by atoms with Crippen LogP contribution in [0.15, 0.2) is 97.2 Å². The second-order valence-corrected chi connectivity index (χ2v) is 9.05. The molecule has 214 valence electrons. The smallest absolute Gasteiger partial charge is 0.434 e. The van der Waals surface area contributed by atoms with Gasteiger partial charge in [0.2, 0.25) is 0 Å². The standard InChI is InChI=1S/C30H19F6N3O3/c31-29(32,33)21-12-8-18(9-13-21)19-10-14-22(15-11-19)42-17-20-4-1-2-5-23(20)25-6-3-7-26(38-25)39-27(30(34,35)36)24(16-37-39)28(40)41/h1-16H,17H2,(H,40,41). The summed E-state index contributed by atoms with van der Waals surface area (Å²) in [6.07, 6.45) is -8.78. The van der Waals surface area contributed by atoms with Gasteiger partial charge in [-0.05, 0) is 53.1 Å². The lowest BCUT2D eigenvalue weighted by atomic mass is 10.0. The average molecular weight is 583 g/mol. The van der Waals surface area contributed by atoms with Crippen LogP contribution in [0.2, 0.25) is 0 Å². The van der Waals surface area contributed by atoms with E-state index in [0.717, 1.165) is 12.1 Å². The van der Waals surface area contributed by atoms with Crippen molar-refractivity contribution in [3.63, 3.8) is 0 Å². The van der Waals surface area contributed by atoms with Crippen LogP contribution >= 0.6 is 0 Å². The van der Waals surface area contributed by atoms with Crippen molar-refractivity contribution in [1.29, 1.82) is 0 Å². The third-order valence-electron chi connectivity index (χ3n) is 6.31. The molecule has 0 saturated carbocycles.